The minimum Gasteiger partial charge on any atom is -0.396 e. The van der Waals surface area contributed by atoms with E-state index in [4.69, 9.17) is 0 Å². The third kappa shape index (κ3) is 2.55. The topological polar surface area (TPSA) is 38.1 Å². The molecule has 1 heterocycles. The fourth-order valence-corrected chi connectivity index (χ4v) is 3.68. The van der Waals surface area contributed by atoms with Crippen molar-refractivity contribution >= 4 is 11.8 Å². The predicted octanol–water partition coefficient (Wildman–Crippen LogP) is 3.13. The molecule has 1 aliphatic rings. The van der Waals surface area contributed by atoms with Crippen molar-refractivity contribution in [2.45, 2.75) is 24.4 Å². The number of para-hydroxylation sites is 1. The zero-order valence-corrected chi connectivity index (χ0v) is 11.6. The standard InChI is InChI=1S/C15H18N2OS/c18-11-15(7-4-8-15)12-19-14-16-9-10-17(14)13-5-2-1-3-6-13/h1-3,5-6,9-10,18H,4,7-8,11-12H2. The van der Waals surface area contributed by atoms with E-state index in [1.807, 2.05) is 30.6 Å². The summed E-state index contributed by atoms with van der Waals surface area (Å²) >= 11 is 1.75. The molecular formula is C15H18N2OS. The Hall–Kier alpha value is -1.26. The maximum Gasteiger partial charge on any atom is 0.172 e. The lowest BCUT2D eigenvalue weighted by Gasteiger charge is -2.39. The quantitative estimate of drug-likeness (QED) is 0.851. The Balaban J connectivity index is 1.74. The summed E-state index contributed by atoms with van der Waals surface area (Å²) in [5, 5.41) is 10.5. The molecule has 100 valence electrons. The van der Waals surface area contributed by atoms with Gasteiger partial charge in [0.2, 0.25) is 0 Å². The SMILES string of the molecule is OCC1(CSc2nccn2-c2ccccc2)CCC1. The second-order valence-corrected chi connectivity index (χ2v) is 6.16. The maximum atomic E-state index is 9.51. The van der Waals surface area contributed by atoms with Gasteiger partial charge in [-0.1, -0.05) is 36.4 Å². The number of thioether (sulfide) groups is 1. The molecule has 2 aromatic rings. The molecule has 0 aliphatic heterocycles. The Morgan fingerprint density at radius 3 is 2.68 bits per heavy atom. The first-order valence-corrected chi connectivity index (χ1v) is 7.64. The molecule has 1 N–H and O–H groups in total. The molecule has 0 atom stereocenters. The van der Waals surface area contributed by atoms with Crippen molar-refractivity contribution in [2.75, 3.05) is 12.4 Å². The van der Waals surface area contributed by atoms with E-state index in [0.717, 1.165) is 29.4 Å². The van der Waals surface area contributed by atoms with Crippen LogP contribution < -0.4 is 0 Å². The Bertz CT molecular complexity index is 529. The van der Waals surface area contributed by atoms with Crippen LogP contribution in [-0.2, 0) is 0 Å². The number of aliphatic hydroxyl groups excluding tert-OH is 1. The number of hydrogen-bond acceptors (Lipinski definition) is 3. The lowest BCUT2D eigenvalue weighted by atomic mass is 9.71. The van der Waals surface area contributed by atoms with Crippen molar-refractivity contribution in [3.63, 3.8) is 0 Å². The Morgan fingerprint density at radius 2 is 2.05 bits per heavy atom. The average molecular weight is 274 g/mol. The van der Waals surface area contributed by atoms with Crippen LogP contribution in [-0.4, -0.2) is 27.0 Å². The Morgan fingerprint density at radius 1 is 1.26 bits per heavy atom. The van der Waals surface area contributed by atoms with Crippen molar-refractivity contribution in [3.8, 4) is 5.69 Å². The van der Waals surface area contributed by atoms with Crippen molar-refractivity contribution in [2.24, 2.45) is 5.41 Å². The van der Waals surface area contributed by atoms with Gasteiger partial charge in [-0.05, 0) is 25.0 Å². The number of hydrogen-bond donors (Lipinski definition) is 1. The van der Waals surface area contributed by atoms with Gasteiger partial charge in [-0.25, -0.2) is 4.98 Å². The van der Waals surface area contributed by atoms with Crippen LogP contribution in [0.3, 0.4) is 0 Å². The van der Waals surface area contributed by atoms with Crippen LogP contribution in [0, 0.1) is 5.41 Å². The molecule has 0 radical (unpaired) electrons. The summed E-state index contributed by atoms with van der Waals surface area (Å²) in [5.41, 5.74) is 1.27. The van der Waals surface area contributed by atoms with Crippen LogP contribution in [0.5, 0.6) is 0 Å². The molecule has 1 saturated carbocycles. The average Bonchev–Trinajstić information content (AvgIpc) is 2.87. The number of benzene rings is 1. The highest BCUT2D eigenvalue weighted by atomic mass is 32.2. The zero-order valence-electron chi connectivity index (χ0n) is 10.8. The number of rotatable bonds is 5. The highest BCUT2D eigenvalue weighted by Gasteiger charge is 2.36. The molecule has 1 aromatic heterocycles. The number of aromatic nitrogens is 2. The Kier molecular flexibility index (Phi) is 3.62. The highest BCUT2D eigenvalue weighted by molar-refractivity contribution is 7.99. The van der Waals surface area contributed by atoms with E-state index in [9.17, 15) is 5.11 Å². The molecule has 3 nitrogen and oxygen atoms in total. The van der Waals surface area contributed by atoms with Crippen LogP contribution in [0.2, 0.25) is 0 Å². The van der Waals surface area contributed by atoms with Crippen LogP contribution in [0.25, 0.3) is 5.69 Å². The van der Waals surface area contributed by atoms with E-state index in [2.05, 4.69) is 21.7 Å². The lowest BCUT2D eigenvalue weighted by molar-refractivity contribution is 0.0685. The summed E-state index contributed by atoms with van der Waals surface area (Å²) in [6.45, 7) is 0.298. The van der Waals surface area contributed by atoms with Crippen LogP contribution in [0.15, 0.2) is 47.9 Å². The first kappa shape index (κ1) is 12.8. The number of aliphatic hydroxyl groups is 1. The van der Waals surface area contributed by atoms with Gasteiger partial charge in [0.1, 0.15) is 0 Å². The minimum absolute atomic E-state index is 0.137. The van der Waals surface area contributed by atoms with E-state index in [1.165, 1.54) is 6.42 Å². The summed E-state index contributed by atoms with van der Waals surface area (Å²) in [6.07, 6.45) is 7.35. The van der Waals surface area contributed by atoms with Gasteiger partial charge in [-0.15, -0.1) is 0 Å². The van der Waals surface area contributed by atoms with Gasteiger partial charge in [0, 0.05) is 35.9 Å². The fourth-order valence-electron chi connectivity index (χ4n) is 2.42. The van der Waals surface area contributed by atoms with Crippen molar-refractivity contribution in [3.05, 3.63) is 42.7 Å². The molecule has 4 heteroatoms. The second-order valence-electron chi connectivity index (χ2n) is 5.22. The summed E-state index contributed by atoms with van der Waals surface area (Å²) in [6, 6.07) is 10.2. The van der Waals surface area contributed by atoms with Gasteiger partial charge in [-0.3, -0.25) is 4.57 Å². The molecule has 1 fully saturated rings. The summed E-state index contributed by atoms with van der Waals surface area (Å²) in [5.74, 6) is 0.952. The monoisotopic (exact) mass is 274 g/mol. The van der Waals surface area contributed by atoms with E-state index >= 15 is 0 Å². The van der Waals surface area contributed by atoms with Crippen molar-refractivity contribution in [1.29, 1.82) is 0 Å². The molecule has 0 bridgehead atoms. The molecule has 3 rings (SSSR count). The van der Waals surface area contributed by atoms with Crippen LogP contribution >= 0.6 is 11.8 Å². The fraction of sp³-hybridized carbons (Fsp3) is 0.400. The third-order valence-corrected chi connectivity index (χ3v) is 5.22. The molecule has 19 heavy (non-hydrogen) atoms. The smallest absolute Gasteiger partial charge is 0.172 e. The number of nitrogens with zero attached hydrogens (tertiary/aromatic N) is 2. The first-order valence-electron chi connectivity index (χ1n) is 6.65. The van der Waals surface area contributed by atoms with Gasteiger partial charge in [0.05, 0.1) is 0 Å². The minimum atomic E-state index is 0.137. The normalized spacial score (nSPS) is 17.1. The number of imidazole rings is 1. The van der Waals surface area contributed by atoms with Gasteiger partial charge in [0.25, 0.3) is 0 Å². The van der Waals surface area contributed by atoms with Gasteiger partial charge in [0.15, 0.2) is 5.16 Å². The predicted molar refractivity (Wildman–Crippen MR) is 77.7 cm³/mol. The highest BCUT2D eigenvalue weighted by Crippen LogP contribution is 2.44. The molecule has 0 spiro atoms. The van der Waals surface area contributed by atoms with Crippen LogP contribution in [0.1, 0.15) is 19.3 Å². The van der Waals surface area contributed by atoms with Crippen molar-refractivity contribution in [1.82, 2.24) is 9.55 Å². The summed E-state index contributed by atoms with van der Waals surface area (Å²) in [7, 11) is 0. The summed E-state index contributed by atoms with van der Waals surface area (Å²) < 4.78 is 2.11. The van der Waals surface area contributed by atoms with E-state index < -0.39 is 0 Å². The van der Waals surface area contributed by atoms with Crippen molar-refractivity contribution < 1.29 is 5.11 Å². The van der Waals surface area contributed by atoms with Gasteiger partial charge in [-0.2, -0.15) is 0 Å². The molecule has 1 aromatic carbocycles. The van der Waals surface area contributed by atoms with Crippen LogP contribution in [0.4, 0.5) is 0 Å². The van der Waals surface area contributed by atoms with E-state index in [1.54, 1.807) is 11.8 Å². The van der Waals surface area contributed by atoms with E-state index in [-0.39, 0.29) is 5.41 Å². The zero-order chi connectivity index (χ0) is 13.1. The second kappa shape index (κ2) is 5.39. The lowest BCUT2D eigenvalue weighted by Crippen LogP contribution is -2.35. The Labute approximate surface area is 117 Å². The summed E-state index contributed by atoms with van der Waals surface area (Å²) in [4.78, 5) is 4.43. The maximum absolute atomic E-state index is 9.51. The van der Waals surface area contributed by atoms with E-state index in [0.29, 0.717) is 6.61 Å². The largest absolute Gasteiger partial charge is 0.396 e. The first-order chi connectivity index (χ1) is 9.33. The van der Waals surface area contributed by atoms with Gasteiger partial charge < -0.3 is 5.11 Å². The van der Waals surface area contributed by atoms with Gasteiger partial charge >= 0.3 is 0 Å². The molecule has 1 aliphatic carbocycles. The molecule has 0 amide bonds. The molecule has 0 unspecified atom stereocenters. The third-order valence-electron chi connectivity index (χ3n) is 3.90. The molecular weight excluding hydrogens is 256 g/mol. The molecule has 0 saturated heterocycles.